The second-order valence-electron chi connectivity index (χ2n) is 6.14. The van der Waals surface area contributed by atoms with E-state index in [9.17, 15) is 33.2 Å². The SMILES string of the molecule is NO[C@H]1C[C@H](n2cnc3c(=O)[nH]c(N)nc32)O[C@@H]1COP(=O)([O-])OP(=O)([O-])OP(=O)([O-])O.[Na+].[Na+].[Na+]. The van der Waals surface area contributed by atoms with Crippen molar-refractivity contribution < 1.29 is 145 Å². The summed E-state index contributed by atoms with van der Waals surface area (Å²) in [7, 11) is -17.6. The van der Waals surface area contributed by atoms with Gasteiger partial charge in [-0.05, 0) is 0 Å². The second-order valence-corrected chi connectivity index (χ2v) is 10.4. The van der Waals surface area contributed by atoms with E-state index in [2.05, 4.69) is 28.1 Å². The van der Waals surface area contributed by atoms with Gasteiger partial charge < -0.3 is 34.6 Å². The van der Waals surface area contributed by atoms with Gasteiger partial charge in [-0.25, -0.2) is 19.5 Å². The fourth-order valence-corrected chi connectivity index (χ4v) is 5.67. The topological polar surface area (TPSA) is 302 Å². The molecule has 1 aliphatic heterocycles. The second kappa shape index (κ2) is 14.2. The number of nitrogen functional groups attached to an aromatic ring is 1. The standard InChI is InChI=1S/C10H17N6O13P3.3Na/c11-10-14-8-7(9(17)15-10)13-3-16(8)6-1-4(27-12)5(26-6)2-25-31(21,22)29-32(23,24)28-30(18,19)20;;;/h3-6H,1-2,12H2,(H,21,22)(H,23,24)(H2,18,19,20)(H3,11,14,15,17);;;/q;3*+1/p-3/t4-,5+,6+;;;/m0.../s1. The van der Waals surface area contributed by atoms with Crippen molar-refractivity contribution in [1.29, 1.82) is 0 Å². The molecule has 0 aliphatic carbocycles. The van der Waals surface area contributed by atoms with Crippen LogP contribution in [0.5, 0.6) is 0 Å². The van der Waals surface area contributed by atoms with E-state index in [1.165, 1.54) is 10.9 Å². The smallest absolute Gasteiger partial charge is 0.756 e. The molecule has 25 heteroatoms. The van der Waals surface area contributed by atoms with Crippen molar-refractivity contribution in [3.05, 3.63) is 16.7 Å². The summed E-state index contributed by atoms with van der Waals surface area (Å²) in [6.45, 7) is -0.893. The molecule has 6 atom stereocenters. The first-order valence-electron chi connectivity index (χ1n) is 8.16. The molecule has 19 nitrogen and oxygen atoms in total. The molecule has 0 saturated carbocycles. The zero-order valence-electron chi connectivity index (χ0n) is 18.4. The number of rotatable bonds is 9. The predicted molar refractivity (Wildman–Crippen MR) is 93.3 cm³/mol. The molecule has 2 aromatic rings. The quantitative estimate of drug-likeness (QED) is 0.120. The summed E-state index contributed by atoms with van der Waals surface area (Å²) in [6, 6.07) is 0. The van der Waals surface area contributed by atoms with Crippen LogP contribution in [0.4, 0.5) is 5.95 Å². The van der Waals surface area contributed by atoms with Gasteiger partial charge in [0.25, 0.3) is 29.0 Å². The number of nitrogens with two attached hydrogens (primary N) is 2. The molecule has 0 radical (unpaired) electrons. The molecule has 3 heterocycles. The zero-order valence-corrected chi connectivity index (χ0v) is 27.1. The third-order valence-electron chi connectivity index (χ3n) is 3.92. The van der Waals surface area contributed by atoms with E-state index in [-0.39, 0.29) is 112 Å². The normalized spacial score (nSPS) is 24.8. The van der Waals surface area contributed by atoms with Crippen molar-refractivity contribution in [3.8, 4) is 0 Å². The van der Waals surface area contributed by atoms with Crippen LogP contribution < -0.4 is 121 Å². The number of aromatic amines is 1. The molecule has 0 amide bonds. The number of imidazole rings is 1. The molecule has 180 valence electrons. The fourth-order valence-electron chi connectivity index (χ4n) is 2.77. The minimum atomic E-state index is -6.05. The summed E-state index contributed by atoms with van der Waals surface area (Å²) >= 11 is 0. The number of phosphoric acid groups is 3. The van der Waals surface area contributed by atoms with Crippen LogP contribution >= 0.6 is 23.5 Å². The first kappa shape index (κ1) is 36.4. The largest absolute Gasteiger partial charge is 1.00 e. The summed E-state index contributed by atoms with van der Waals surface area (Å²) < 4.78 is 51.3. The molecular formula is C10H14N6Na3O13P3. The van der Waals surface area contributed by atoms with Gasteiger partial charge in [0, 0.05) is 6.42 Å². The number of nitrogens with zero attached hydrogens (tertiary/aromatic N) is 3. The minimum Gasteiger partial charge on any atom is -0.756 e. The molecule has 1 aliphatic rings. The van der Waals surface area contributed by atoms with E-state index < -0.39 is 54.1 Å². The van der Waals surface area contributed by atoms with Gasteiger partial charge in [-0.1, -0.05) is 0 Å². The number of nitrogens with one attached hydrogen (secondary N) is 1. The van der Waals surface area contributed by atoms with Gasteiger partial charge in [-0.2, -0.15) is 4.98 Å². The number of H-pyrrole nitrogens is 1. The van der Waals surface area contributed by atoms with Gasteiger partial charge in [0.2, 0.25) is 5.95 Å². The van der Waals surface area contributed by atoms with Crippen molar-refractivity contribution in [2.45, 2.75) is 24.9 Å². The number of hydrogen-bond donors (Lipinski definition) is 4. The number of phosphoric ester groups is 1. The van der Waals surface area contributed by atoms with Crippen LogP contribution in [0.15, 0.2) is 11.1 Å². The van der Waals surface area contributed by atoms with Crippen molar-refractivity contribution in [2.75, 3.05) is 12.3 Å². The summed E-state index contributed by atoms with van der Waals surface area (Å²) in [6.07, 6.45) is -1.95. The molecule has 0 aromatic carbocycles. The van der Waals surface area contributed by atoms with E-state index in [0.717, 1.165) is 0 Å². The molecule has 3 unspecified atom stereocenters. The van der Waals surface area contributed by atoms with Gasteiger partial charge in [0.05, 0.1) is 12.9 Å². The summed E-state index contributed by atoms with van der Waals surface area (Å²) in [5, 5.41) is 0. The fraction of sp³-hybridized carbons (Fsp3) is 0.500. The Kier molecular flexibility index (Phi) is 14.8. The van der Waals surface area contributed by atoms with Gasteiger partial charge >= 0.3 is 88.7 Å². The van der Waals surface area contributed by atoms with E-state index >= 15 is 0 Å². The van der Waals surface area contributed by atoms with Crippen LogP contribution in [0.25, 0.3) is 11.2 Å². The van der Waals surface area contributed by atoms with Crippen molar-refractivity contribution in [3.63, 3.8) is 0 Å². The Bertz CT molecular complexity index is 1210. The average Bonchev–Trinajstić information content (AvgIpc) is 3.20. The Balaban J connectivity index is 0.00000385. The van der Waals surface area contributed by atoms with Crippen molar-refractivity contribution in [1.82, 2.24) is 19.5 Å². The third kappa shape index (κ3) is 10.2. The Morgan fingerprint density at radius 3 is 2.40 bits per heavy atom. The Morgan fingerprint density at radius 1 is 1.20 bits per heavy atom. The molecule has 0 spiro atoms. The molecule has 6 N–H and O–H groups in total. The average molecular weight is 588 g/mol. The van der Waals surface area contributed by atoms with Crippen LogP contribution in [-0.4, -0.2) is 43.2 Å². The maximum Gasteiger partial charge on any atom is 1.00 e. The molecule has 35 heavy (non-hydrogen) atoms. The molecular weight excluding hydrogens is 574 g/mol. The summed E-state index contributed by atoms with van der Waals surface area (Å²) in [5.74, 6) is 4.97. The van der Waals surface area contributed by atoms with Crippen LogP contribution in [-0.2, 0) is 36.4 Å². The summed E-state index contributed by atoms with van der Waals surface area (Å²) in [4.78, 5) is 68.4. The number of hydrogen-bond acceptors (Lipinski definition) is 16. The first-order chi connectivity index (χ1) is 14.7. The van der Waals surface area contributed by atoms with Gasteiger partial charge in [-0.15, -0.1) is 0 Å². The van der Waals surface area contributed by atoms with E-state index in [0.29, 0.717) is 0 Å². The first-order valence-corrected chi connectivity index (χ1v) is 12.6. The van der Waals surface area contributed by atoms with Crippen LogP contribution in [0.3, 0.4) is 0 Å². The monoisotopic (exact) mass is 588 g/mol. The van der Waals surface area contributed by atoms with Gasteiger partial charge in [-0.3, -0.25) is 32.9 Å². The molecule has 0 bridgehead atoms. The predicted octanol–water partition coefficient (Wildman–Crippen LogP) is -12.3. The van der Waals surface area contributed by atoms with E-state index in [1.54, 1.807) is 0 Å². The Labute approximate surface area is 261 Å². The summed E-state index contributed by atoms with van der Waals surface area (Å²) in [5.41, 5.74) is 4.88. The molecule has 3 rings (SSSR count). The maximum atomic E-state index is 11.9. The van der Waals surface area contributed by atoms with E-state index in [1.807, 2.05) is 0 Å². The third-order valence-corrected chi connectivity index (χ3v) is 7.61. The molecule has 1 saturated heterocycles. The van der Waals surface area contributed by atoms with E-state index in [4.69, 9.17) is 26.1 Å². The Morgan fingerprint density at radius 2 is 1.83 bits per heavy atom. The van der Waals surface area contributed by atoms with Gasteiger partial charge in [0.1, 0.15) is 18.4 Å². The number of anilines is 1. The van der Waals surface area contributed by atoms with Crippen molar-refractivity contribution in [2.24, 2.45) is 5.90 Å². The molecule has 1 fully saturated rings. The van der Waals surface area contributed by atoms with Gasteiger partial charge in [0.15, 0.2) is 11.2 Å². The minimum absolute atomic E-state index is 0. The number of fused-ring (bicyclic) bond motifs is 1. The number of ether oxygens (including phenoxy) is 1. The maximum absolute atomic E-state index is 11.9. The van der Waals surface area contributed by atoms with Crippen LogP contribution in [0, 0.1) is 0 Å². The molecule has 2 aromatic heterocycles. The van der Waals surface area contributed by atoms with Crippen LogP contribution in [0.2, 0.25) is 0 Å². The van der Waals surface area contributed by atoms with Crippen molar-refractivity contribution >= 4 is 40.6 Å². The number of aromatic nitrogens is 4. The Hall–Kier alpha value is 1.44. The zero-order chi connectivity index (χ0) is 23.9. The van der Waals surface area contributed by atoms with Crippen LogP contribution in [0.1, 0.15) is 12.6 Å².